The summed E-state index contributed by atoms with van der Waals surface area (Å²) in [6, 6.07) is 13.9. The van der Waals surface area contributed by atoms with Crippen molar-refractivity contribution in [1.29, 1.82) is 0 Å². The molecule has 0 spiro atoms. The van der Waals surface area contributed by atoms with Gasteiger partial charge >= 0.3 is 0 Å². The standard InChI is InChI=1S/C19H20N4O/c1-3-24-13-15-6-8-17(9-7-15)22-18-11-14(2)21-19(23-18)16-5-4-10-20-12-16/h4-12H,3,13H2,1-2H3,(H,21,22,23). The van der Waals surface area contributed by atoms with E-state index in [9.17, 15) is 0 Å². The quantitative estimate of drug-likeness (QED) is 0.740. The number of benzene rings is 1. The van der Waals surface area contributed by atoms with Crippen LogP contribution in [0, 0.1) is 6.92 Å². The zero-order valence-corrected chi connectivity index (χ0v) is 13.9. The number of nitrogens with zero attached hydrogens (tertiary/aromatic N) is 3. The number of aromatic nitrogens is 3. The molecule has 0 saturated carbocycles. The van der Waals surface area contributed by atoms with E-state index in [-0.39, 0.29) is 0 Å². The third-order valence-corrected chi connectivity index (χ3v) is 3.47. The Labute approximate surface area is 141 Å². The topological polar surface area (TPSA) is 59.9 Å². The molecule has 0 radical (unpaired) electrons. The monoisotopic (exact) mass is 320 g/mol. The van der Waals surface area contributed by atoms with Crippen molar-refractivity contribution in [3.05, 3.63) is 66.1 Å². The zero-order chi connectivity index (χ0) is 16.8. The Morgan fingerprint density at radius 1 is 1.08 bits per heavy atom. The molecule has 3 rings (SSSR count). The number of aryl methyl sites for hydroxylation is 1. The third-order valence-electron chi connectivity index (χ3n) is 3.47. The van der Waals surface area contributed by atoms with Crippen LogP contribution in [0.4, 0.5) is 11.5 Å². The Kier molecular flexibility index (Phi) is 5.13. The van der Waals surface area contributed by atoms with E-state index >= 15 is 0 Å². The highest BCUT2D eigenvalue weighted by Crippen LogP contribution is 2.20. The highest BCUT2D eigenvalue weighted by molar-refractivity contribution is 5.61. The van der Waals surface area contributed by atoms with Gasteiger partial charge in [-0.15, -0.1) is 0 Å². The van der Waals surface area contributed by atoms with Crippen LogP contribution in [0.3, 0.4) is 0 Å². The Morgan fingerprint density at radius 3 is 2.62 bits per heavy atom. The molecule has 5 heteroatoms. The maximum absolute atomic E-state index is 5.41. The van der Waals surface area contributed by atoms with Crippen LogP contribution in [0.2, 0.25) is 0 Å². The molecule has 0 bridgehead atoms. The highest BCUT2D eigenvalue weighted by atomic mass is 16.5. The fourth-order valence-corrected chi connectivity index (χ4v) is 2.31. The lowest BCUT2D eigenvalue weighted by atomic mass is 10.2. The fraction of sp³-hybridized carbons (Fsp3) is 0.211. The number of ether oxygens (including phenoxy) is 1. The van der Waals surface area contributed by atoms with E-state index in [0.717, 1.165) is 34.9 Å². The molecule has 0 aliphatic rings. The first-order valence-corrected chi connectivity index (χ1v) is 7.94. The van der Waals surface area contributed by atoms with E-state index in [1.54, 1.807) is 12.4 Å². The molecule has 0 saturated heterocycles. The molecular formula is C19H20N4O. The van der Waals surface area contributed by atoms with Gasteiger partial charge in [0, 0.05) is 42.0 Å². The summed E-state index contributed by atoms with van der Waals surface area (Å²) < 4.78 is 5.41. The minimum atomic E-state index is 0.633. The molecule has 0 fully saturated rings. The maximum Gasteiger partial charge on any atom is 0.163 e. The van der Waals surface area contributed by atoms with Crippen molar-refractivity contribution in [1.82, 2.24) is 15.0 Å². The first kappa shape index (κ1) is 16.1. The van der Waals surface area contributed by atoms with E-state index < -0.39 is 0 Å². The van der Waals surface area contributed by atoms with Crippen LogP contribution in [0.1, 0.15) is 18.2 Å². The smallest absolute Gasteiger partial charge is 0.163 e. The molecule has 122 valence electrons. The lowest BCUT2D eigenvalue weighted by Gasteiger charge is -2.09. The second kappa shape index (κ2) is 7.66. The SMILES string of the molecule is CCOCc1ccc(Nc2cc(C)nc(-c3cccnc3)n2)cc1. The summed E-state index contributed by atoms with van der Waals surface area (Å²) in [4.78, 5) is 13.2. The molecule has 0 atom stereocenters. The van der Waals surface area contributed by atoms with Gasteiger partial charge in [0.05, 0.1) is 6.61 Å². The van der Waals surface area contributed by atoms with E-state index in [2.05, 4.69) is 20.3 Å². The van der Waals surface area contributed by atoms with Gasteiger partial charge in [0.1, 0.15) is 5.82 Å². The lowest BCUT2D eigenvalue weighted by molar-refractivity contribution is 0.134. The number of nitrogens with one attached hydrogen (secondary N) is 1. The number of hydrogen-bond donors (Lipinski definition) is 1. The molecule has 24 heavy (non-hydrogen) atoms. The molecule has 0 aliphatic carbocycles. The summed E-state index contributed by atoms with van der Waals surface area (Å²) in [5, 5.41) is 3.33. The van der Waals surface area contributed by atoms with Gasteiger partial charge < -0.3 is 10.1 Å². The van der Waals surface area contributed by atoms with Gasteiger partial charge in [0.25, 0.3) is 0 Å². The van der Waals surface area contributed by atoms with E-state index in [4.69, 9.17) is 4.74 Å². The van der Waals surface area contributed by atoms with E-state index in [1.165, 1.54) is 0 Å². The Morgan fingerprint density at radius 2 is 1.92 bits per heavy atom. The molecule has 0 aliphatic heterocycles. The second-order valence-corrected chi connectivity index (χ2v) is 5.42. The van der Waals surface area contributed by atoms with Crippen LogP contribution in [0.25, 0.3) is 11.4 Å². The van der Waals surface area contributed by atoms with Crippen molar-refractivity contribution in [3.63, 3.8) is 0 Å². The third kappa shape index (κ3) is 4.14. The minimum Gasteiger partial charge on any atom is -0.377 e. The Hall–Kier alpha value is -2.79. The Bertz CT molecular complexity index is 788. The number of hydrogen-bond acceptors (Lipinski definition) is 5. The predicted molar refractivity (Wildman–Crippen MR) is 95.1 cm³/mol. The second-order valence-electron chi connectivity index (χ2n) is 5.42. The van der Waals surface area contributed by atoms with Gasteiger partial charge in [-0.2, -0.15) is 0 Å². The fourth-order valence-electron chi connectivity index (χ4n) is 2.31. The van der Waals surface area contributed by atoms with Crippen LogP contribution in [0.5, 0.6) is 0 Å². The van der Waals surface area contributed by atoms with Crippen molar-refractivity contribution >= 4 is 11.5 Å². The lowest BCUT2D eigenvalue weighted by Crippen LogP contribution is -1.99. The van der Waals surface area contributed by atoms with Crippen LogP contribution >= 0.6 is 0 Å². The average molecular weight is 320 g/mol. The van der Waals surface area contributed by atoms with Crippen molar-refractivity contribution < 1.29 is 4.74 Å². The average Bonchev–Trinajstić information content (AvgIpc) is 2.61. The van der Waals surface area contributed by atoms with Gasteiger partial charge in [-0.1, -0.05) is 12.1 Å². The Balaban J connectivity index is 1.79. The van der Waals surface area contributed by atoms with Crippen LogP contribution in [-0.2, 0) is 11.3 Å². The summed E-state index contributed by atoms with van der Waals surface area (Å²) >= 11 is 0. The number of anilines is 2. The molecule has 0 unspecified atom stereocenters. The summed E-state index contributed by atoms with van der Waals surface area (Å²) in [6.45, 7) is 5.30. The van der Waals surface area contributed by atoms with Crippen molar-refractivity contribution in [2.24, 2.45) is 0 Å². The van der Waals surface area contributed by atoms with Gasteiger partial charge in [0.2, 0.25) is 0 Å². The van der Waals surface area contributed by atoms with Crippen LogP contribution in [0.15, 0.2) is 54.9 Å². The van der Waals surface area contributed by atoms with Crippen molar-refractivity contribution in [2.75, 3.05) is 11.9 Å². The molecule has 2 aromatic heterocycles. The summed E-state index contributed by atoms with van der Waals surface area (Å²) in [6.07, 6.45) is 3.50. The molecule has 3 aromatic rings. The molecule has 0 amide bonds. The summed E-state index contributed by atoms with van der Waals surface area (Å²) in [7, 11) is 0. The molecule has 2 heterocycles. The normalized spacial score (nSPS) is 10.6. The summed E-state index contributed by atoms with van der Waals surface area (Å²) in [5.41, 5.74) is 3.93. The molecule has 1 N–H and O–H groups in total. The van der Waals surface area contributed by atoms with E-state index in [0.29, 0.717) is 12.4 Å². The first-order chi connectivity index (χ1) is 11.7. The van der Waals surface area contributed by atoms with Gasteiger partial charge in [-0.3, -0.25) is 4.98 Å². The predicted octanol–water partition coefficient (Wildman–Crippen LogP) is 4.13. The van der Waals surface area contributed by atoms with Crippen LogP contribution in [-0.4, -0.2) is 21.6 Å². The van der Waals surface area contributed by atoms with Gasteiger partial charge in [0.15, 0.2) is 5.82 Å². The van der Waals surface area contributed by atoms with Gasteiger partial charge in [-0.05, 0) is 43.7 Å². The minimum absolute atomic E-state index is 0.633. The van der Waals surface area contributed by atoms with E-state index in [1.807, 2.05) is 56.3 Å². The first-order valence-electron chi connectivity index (χ1n) is 7.94. The number of rotatable bonds is 6. The molecular weight excluding hydrogens is 300 g/mol. The highest BCUT2D eigenvalue weighted by Gasteiger charge is 2.05. The molecule has 1 aromatic carbocycles. The molecule has 5 nitrogen and oxygen atoms in total. The van der Waals surface area contributed by atoms with Crippen LogP contribution < -0.4 is 5.32 Å². The summed E-state index contributed by atoms with van der Waals surface area (Å²) in [5.74, 6) is 1.43. The largest absolute Gasteiger partial charge is 0.377 e. The van der Waals surface area contributed by atoms with Crippen molar-refractivity contribution in [3.8, 4) is 11.4 Å². The number of pyridine rings is 1. The zero-order valence-electron chi connectivity index (χ0n) is 13.9. The van der Waals surface area contributed by atoms with Gasteiger partial charge in [-0.25, -0.2) is 9.97 Å². The maximum atomic E-state index is 5.41. The van der Waals surface area contributed by atoms with Crippen molar-refractivity contribution in [2.45, 2.75) is 20.5 Å².